The van der Waals surface area contributed by atoms with Crippen LogP contribution < -0.4 is 10.2 Å². The first kappa shape index (κ1) is 13.7. The number of benzene rings is 2. The monoisotopic (exact) mass is 298 g/mol. The first-order valence-corrected chi connectivity index (χ1v) is 7.03. The molecule has 0 unspecified atom stereocenters. The van der Waals surface area contributed by atoms with E-state index in [0.29, 0.717) is 10.6 Å². The number of amides is 1. The average molecular weight is 299 g/mol. The Bertz CT molecular complexity index is 750. The van der Waals surface area contributed by atoms with Crippen molar-refractivity contribution in [2.45, 2.75) is 0 Å². The maximum atomic E-state index is 12.1. The zero-order valence-corrected chi connectivity index (χ0v) is 12.6. The van der Waals surface area contributed by atoms with Crippen molar-refractivity contribution in [3.8, 4) is 0 Å². The van der Waals surface area contributed by atoms with Crippen LogP contribution in [0.15, 0.2) is 42.5 Å². The first-order valence-electron chi connectivity index (χ1n) is 6.65. The van der Waals surface area contributed by atoms with Crippen molar-refractivity contribution in [1.29, 1.82) is 0 Å². The van der Waals surface area contributed by atoms with Crippen molar-refractivity contribution in [2.24, 2.45) is 0 Å². The Kier molecular flexibility index (Phi) is 3.43. The lowest BCUT2D eigenvalue weighted by molar-refractivity contribution is -0.110. The Hall–Kier alpha value is -2.26. The molecule has 0 radical (unpaired) electrons. The number of carbonyl (C=O) groups excluding carboxylic acids is 1. The number of nitrogens with zero attached hydrogens (tertiary/aromatic N) is 1. The maximum Gasteiger partial charge on any atom is 0.256 e. The lowest BCUT2D eigenvalue weighted by Crippen LogP contribution is -2.08. The average Bonchev–Trinajstić information content (AvgIpc) is 2.77. The van der Waals surface area contributed by atoms with Gasteiger partial charge in [0.15, 0.2) is 0 Å². The zero-order valence-electron chi connectivity index (χ0n) is 11.9. The lowest BCUT2D eigenvalue weighted by Gasteiger charge is -2.13. The van der Waals surface area contributed by atoms with Gasteiger partial charge in [-0.3, -0.25) is 4.79 Å². The van der Waals surface area contributed by atoms with Crippen LogP contribution in [0.25, 0.3) is 11.6 Å². The standard InChI is InChI=1S/C17H15ClN2O/c1-20(2)12-8-7-11(15(18)10-12)9-14-13-5-3-4-6-16(13)19-17(14)21/h3-10H,1-2H3,(H,19,21)/b14-9+. The highest BCUT2D eigenvalue weighted by Gasteiger charge is 2.23. The molecule has 0 aliphatic carbocycles. The molecule has 1 heterocycles. The van der Waals surface area contributed by atoms with Crippen LogP contribution in [0.4, 0.5) is 11.4 Å². The van der Waals surface area contributed by atoms with Crippen LogP contribution in [0, 0.1) is 0 Å². The molecule has 4 heteroatoms. The van der Waals surface area contributed by atoms with Gasteiger partial charge in [0.2, 0.25) is 0 Å². The number of para-hydroxylation sites is 1. The van der Waals surface area contributed by atoms with Crippen molar-refractivity contribution in [3.05, 3.63) is 58.6 Å². The molecular weight excluding hydrogens is 284 g/mol. The third-order valence-electron chi connectivity index (χ3n) is 3.51. The predicted molar refractivity (Wildman–Crippen MR) is 88.7 cm³/mol. The van der Waals surface area contributed by atoms with E-state index >= 15 is 0 Å². The largest absolute Gasteiger partial charge is 0.378 e. The quantitative estimate of drug-likeness (QED) is 0.853. The smallest absolute Gasteiger partial charge is 0.256 e. The molecule has 1 N–H and O–H groups in total. The number of nitrogens with one attached hydrogen (secondary N) is 1. The van der Waals surface area contributed by atoms with Crippen LogP contribution in [0.5, 0.6) is 0 Å². The number of carbonyl (C=O) groups is 1. The molecule has 21 heavy (non-hydrogen) atoms. The highest BCUT2D eigenvalue weighted by molar-refractivity contribution is 6.37. The Morgan fingerprint density at radius 2 is 1.90 bits per heavy atom. The second-order valence-corrected chi connectivity index (χ2v) is 5.57. The van der Waals surface area contributed by atoms with Crippen molar-refractivity contribution in [3.63, 3.8) is 0 Å². The molecule has 1 aliphatic heterocycles. The van der Waals surface area contributed by atoms with Gasteiger partial charge in [-0.15, -0.1) is 0 Å². The zero-order chi connectivity index (χ0) is 15.0. The summed E-state index contributed by atoms with van der Waals surface area (Å²) in [5, 5.41) is 3.49. The molecule has 0 bridgehead atoms. The van der Waals surface area contributed by atoms with E-state index < -0.39 is 0 Å². The fourth-order valence-electron chi connectivity index (χ4n) is 2.35. The van der Waals surface area contributed by atoms with Crippen molar-refractivity contribution in [2.75, 3.05) is 24.3 Å². The summed E-state index contributed by atoms with van der Waals surface area (Å²) >= 11 is 6.32. The van der Waals surface area contributed by atoms with Gasteiger partial charge in [0.05, 0.1) is 0 Å². The number of fused-ring (bicyclic) bond motifs is 1. The van der Waals surface area contributed by atoms with Gasteiger partial charge in [-0.1, -0.05) is 35.9 Å². The highest BCUT2D eigenvalue weighted by atomic mass is 35.5. The SMILES string of the molecule is CN(C)c1ccc(/C=C2/C(=O)Nc3ccccc32)c(Cl)c1. The minimum atomic E-state index is -0.0936. The Morgan fingerprint density at radius 1 is 1.14 bits per heavy atom. The van der Waals surface area contributed by atoms with E-state index in [-0.39, 0.29) is 5.91 Å². The van der Waals surface area contributed by atoms with Gasteiger partial charge in [-0.05, 0) is 29.8 Å². The Morgan fingerprint density at radius 3 is 2.62 bits per heavy atom. The topological polar surface area (TPSA) is 32.3 Å². The minimum absolute atomic E-state index is 0.0936. The van der Waals surface area contributed by atoms with Crippen LogP contribution in [0.1, 0.15) is 11.1 Å². The summed E-state index contributed by atoms with van der Waals surface area (Å²) in [4.78, 5) is 14.1. The summed E-state index contributed by atoms with van der Waals surface area (Å²) in [5.74, 6) is -0.0936. The lowest BCUT2D eigenvalue weighted by atomic mass is 10.0. The maximum absolute atomic E-state index is 12.1. The molecule has 1 aliphatic rings. The summed E-state index contributed by atoms with van der Waals surface area (Å²) < 4.78 is 0. The van der Waals surface area contributed by atoms with E-state index in [1.165, 1.54) is 0 Å². The second kappa shape index (κ2) is 5.26. The van der Waals surface area contributed by atoms with E-state index in [1.807, 2.05) is 67.5 Å². The van der Waals surface area contributed by atoms with Gasteiger partial charge in [0.1, 0.15) is 0 Å². The molecule has 0 spiro atoms. The summed E-state index contributed by atoms with van der Waals surface area (Å²) in [5.41, 5.74) is 4.26. The number of rotatable bonds is 2. The molecular formula is C17H15ClN2O. The molecule has 3 rings (SSSR count). The van der Waals surface area contributed by atoms with E-state index in [1.54, 1.807) is 0 Å². The van der Waals surface area contributed by atoms with Crippen molar-refractivity contribution >= 4 is 40.5 Å². The molecule has 0 aromatic heterocycles. The highest BCUT2D eigenvalue weighted by Crippen LogP contribution is 2.34. The van der Waals surface area contributed by atoms with Crippen LogP contribution in [-0.2, 0) is 4.79 Å². The van der Waals surface area contributed by atoms with Gasteiger partial charge >= 0.3 is 0 Å². The van der Waals surface area contributed by atoms with E-state index in [2.05, 4.69) is 5.32 Å². The number of hydrogen-bond donors (Lipinski definition) is 1. The van der Waals surface area contributed by atoms with Gasteiger partial charge in [0.25, 0.3) is 5.91 Å². The first-order chi connectivity index (χ1) is 10.1. The van der Waals surface area contributed by atoms with Gasteiger partial charge in [-0.2, -0.15) is 0 Å². The van der Waals surface area contributed by atoms with Gasteiger partial charge < -0.3 is 10.2 Å². The van der Waals surface area contributed by atoms with E-state index in [0.717, 1.165) is 22.5 Å². The van der Waals surface area contributed by atoms with E-state index in [4.69, 9.17) is 11.6 Å². The van der Waals surface area contributed by atoms with Crippen molar-refractivity contribution in [1.82, 2.24) is 0 Å². The summed E-state index contributed by atoms with van der Waals surface area (Å²) in [6.45, 7) is 0. The molecule has 3 nitrogen and oxygen atoms in total. The molecule has 2 aromatic carbocycles. The molecule has 0 saturated carbocycles. The normalized spacial score (nSPS) is 15.0. The van der Waals surface area contributed by atoms with Crippen LogP contribution in [0.2, 0.25) is 5.02 Å². The van der Waals surface area contributed by atoms with Crippen LogP contribution in [-0.4, -0.2) is 20.0 Å². The number of halogens is 1. The molecule has 0 fully saturated rings. The van der Waals surface area contributed by atoms with Crippen LogP contribution in [0.3, 0.4) is 0 Å². The third-order valence-corrected chi connectivity index (χ3v) is 3.84. The summed E-state index contributed by atoms with van der Waals surface area (Å²) in [7, 11) is 3.93. The van der Waals surface area contributed by atoms with Gasteiger partial charge in [-0.25, -0.2) is 0 Å². The second-order valence-electron chi connectivity index (χ2n) is 5.16. The van der Waals surface area contributed by atoms with Crippen LogP contribution >= 0.6 is 11.6 Å². The molecule has 0 atom stereocenters. The van der Waals surface area contributed by atoms with Crippen molar-refractivity contribution < 1.29 is 4.79 Å². The fraction of sp³-hybridized carbons (Fsp3) is 0.118. The molecule has 0 saturated heterocycles. The number of anilines is 2. The predicted octanol–water partition coefficient (Wildman–Crippen LogP) is 3.90. The Balaban J connectivity index is 2.05. The molecule has 106 valence electrons. The Labute approximate surface area is 128 Å². The summed E-state index contributed by atoms with van der Waals surface area (Å²) in [6.07, 6.45) is 1.84. The van der Waals surface area contributed by atoms with E-state index in [9.17, 15) is 4.79 Å². The number of hydrogen-bond acceptors (Lipinski definition) is 2. The van der Waals surface area contributed by atoms with Gasteiger partial charge in [0, 0.05) is 41.6 Å². The fourth-order valence-corrected chi connectivity index (χ4v) is 2.58. The summed E-state index contributed by atoms with van der Waals surface area (Å²) in [6, 6.07) is 13.5. The minimum Gasteiger partial charge on any atom is -0.378 e. The molecule has 2 aromatic rings. The molecule has 1 amide bonds. The third kappa shape index (κ3) is 2.52.